The molecule has 0 aliphatic carbocycles. The van der Waals surface area contributed by atoms with Gasteiger partial charge in [0.2, 0.25) is 10.0 Å². The summed E-state index contributed by atoms with van der Waals surface area (Å²) >= 11 is 0. The maximum atomic E-state index is 12.7. The SMILES string of the molecule is CN(CCO)S(=O)(=O)c1ccc2c(c1)/C(=C1/Nc3ccccc3C1O)C(O)N2. The van der Waals surface area contributed by atoms with Crippen LogP contribution >= 0.6 is 0 Å². The lowest BCUT2D eigenvalue weighted by molar-refractivity contribution is 0.219. The Morgan fingerprint density at radius 1 is 1.11 bits per heavy atom. The molecule has 0 fully saturated rings. The molecular formula is C19H21N3O5S. The lowest BCUT2D eigenvalue weighted by Gasteiger charge is -2.17. The van der Waals surface area contributed by atoms with Crippen molar-refractivity contribution in [2.45, 2.75) is 17.2 Å². The lowest BCUT2D eigenvalue weighted by atomic mass is 10.0. The summed E-state index contributed by atoms with van der Waals surface area (Å²) < 4.78 is 26.5. The van der Waals surface area contributed by atoms with E-state index < -0.39 is 22.4 Å². The third kappa shape index (κ3) is 2.88. The van der Waals surface area contributed by atoms with Crippen LogP contribution in [0.5, 0.6) is 0 Å². The normalized spacial score (nSPS) is 23.3. The van der Waals surface area contributed by atoms with Crippen molar-refractivity contribution in [3.63, 3.8) is 0 Å². The van der Waals surface area contributed by atoms with E-state index in [0.29, 0.717) is 28.1 Å². The van der Waals surface area contributed by atoms with Gasteiger partial charge in [0.15, 0.2) is 6.23 Å². The van der Waals surface area contributed by atoms with Crippen LogP contribution in [0.15, 0.2) is 53.1 Å². The fourth-order valence-corrected chi connectivity index (χ4v) is 4.75. The Hall–Kier alpha value is -2.43. The standard InChI is InChI=1S/C19H21N3O5S/c1-22(8-9-23)28(26,27)11-6-7-15-13(10-11)16(19(25)21-15)17-18(24)12-4-2-3-5-14(12)20-17/h2-7,10,18-21,23-25H,8-9H2,1H3/b17-16-. The van der Waals surface area contributed by atoms with Gasteiger partial charge >= 0.3 is 0 Å². The number of fused-ring (bicyclic) bond motifs is 2. The highest BCUT2D eigenvalue weighted by Gasteiger charge is 2.35. The van der Waals surface area contributed by atoms with Gasteiger partial charge in [0.05, 0.1) is 17.2 Å². The number of likely N-dealkylation sites (N-methyl/N-ethyl adjacent to an activating group) is 1. The highest BCUT2D eigenvalue weighted by molar-refractivity contribution is 7.89. The maximum Gasteiger partial charge on any atom is 0.242 e. The van der Waals surface area contributed by atoms with Gasteiger partial charge in [-0.15, -0.1) is 0 Å². The van der Waals surface area contributed by atoms with Crippen molar-refractivity contribution in [1.82, 2.24) is 4.31 Å². The van der Waals surface area contributed by atoms with Crippen molar-refractivity contribution in [3.05, 3.63) is 59.3 Å². The van der Waals surface area contributed by atoms with Crippen LogP contribution in [-0.4, -0.2) is 54.5 Å². The molecule has 0 saturated carbocycles. The van der Waals surface area contributed by atoms with Crippen molar-refractivity contribution in [2.75, 3.05) is 30.8 Å². The van der Waals surface area contributed by atoms with E-state index in [9.17, 15) is 18.6 Å². The molecule has 148 valence electrons. The summed E-state index contributed by atoms with van der Waals surface area (Å²) in [5.41, 5.74) is 3.32. The summed E-state index contributed by atoms with van der Waals surface area (Å²) in [7, 11) is -2.40. The summed E-state index contributed by atoms with van der Waals surface area (Å²) in [4.78, 5) is 0.0428. The van der Waals surface area contributed by atoms with Gasteiger partial charge in [0.25, 0.3) is 0 Å². The zero-order valence-electron chi connectivity index (χ0n) is 15.1. The molecule has 2 aliphatic rings. The number of hydrogen-bond donors (Lipinski definition) is 5. The molecule has 9 heteroatoms. The van der Waals surface area contributed by atoms with Gasteiger partial charge in [0, 0.05) is 41.7 Å². The summed E-state index contributed by atoms with van der Waals surface area (Å²) in [6, 6.07) is 11.8. The van der Waals surface area contributed by atoms with E-state index in [2.05, 4.69) is 10.6 Å². The Balaban J connectivity index is 1.81. The molecular weight excluding hydrogens is 382 g/mol. The first-order chi connectivity index (χ1) is 13.3. The molecule has 0 amide bonds. The average molecular weight is 403 g/mol. The minimum absolute atomic E-state index is 0.0240. The van der Waals surface area contributed by atoms with Crippen LogP contribution in [0.3, 0.4) is 0 Å². The molecule has 0 aromatic heterocycles. The van der Waals surface area contributed by atoms with Crippen molar-refractivity contribution >= 4 is 27.0 Å². The zero-order chi connectivity index (χ0) is 20.1. The quantitative estimate of drug-likeness (QED) is 0.514. The molecule has 0 bridgehead atoms. The third-order valence-electron chi connectivity index (χ3n) is 5.06. The number of rotatable bonds is 4. The van der Waals surface area contributed by atoms with Crippen molar-refractivity contribution in [2.24, 2.45) is 0 Å². The minimum atomic E-state index is -3.80. The van der Waals surface area contributed by atoms with Crippen LogP contribution in [0.1, 0.15) is 17.2 Å². The number of nitrogens with one attached hydrogen (secondary N) is 2. The van der Waals surface area contributed by atoms with Gasteiger partial charge in [-0.2, -0.15) is 4.31 Å². The van der Waals surface area contributed by atoms with Crippen molar-refractivity contribution in [3.8, 4) is 0 Å². The topological polar surface area (TPSA) is 122 Å². The second-order valence-electron chi connectivity index (χ2n) is 6.75. The Morgan fingerprint density at radius 3 is 2.57 bits per heavy atom. The second-order valence-corrected chi connectivity index (χ2v) is 8.79. The monoisotopic (exact) mass is 403 g/mol. The zero-order valence-corrected chi connectivity index (χ0v) is 15.9. The first kappa shape index (κ1) is 18.9. The molecule has 4 rings (SSSR count). The van der Waals surface area contributed by atoms with E-state index in [1.165, 1.54) is 19.2 Å². The van der Waals surface area contributed by atoms with Gasteiger partial charge in [-0.05, 0) is 24.3 Å². The van der Waals surface area contributed by atoms with Crippen LogP contribution in [0.4, 0.5) is 11.4 Å². The van der Waals surface area contributed by atoms with E-state index >= 15 is 0 Å². The number of para-hydroxylation sites is 1. The second kappa shape index (κ2) is 6.87. The molecule has 5 N–H and O–H groups in total. The van der Waals surface area contributed by atoms with Crippen LogP contribution in [0.2, 0.25) is 0 Å². The van der Waals surface area contributed by atoms with E-state index in [4.69, 9.17) is 5.11 Å². The summed E-state index contributed by atoms with van der Waals surface area (Å²) in [5, 5.41) is 36.3. The fraction of sp³-hybridized carbons (Fsp3) is 0.263. The number of hydrogen-bond acceptors (Lipinski definition) is 7. The number of anilines is 2. The number of nitrogens with zero attached hydrogens (tertiary/aromatic N) is 1. The van der Waals surface area contributed by atoms with Crippen molar-refractivity contribution < 1.29 is 23.7 Å². The predicted octanol–water partition coefficient (Wildman–Crippen LogP) is 0.913. The van der Waals surface area contributed by atoms with Crippen LogP contribution in [0, 0.1) is 0 Å². The smallest absolute Gasteiger partial charge is 0.242 e. The lowest BCUT2D eigenvalue weighted by Crippen LogP contribution is -2.29. The minimum Gasteiger partial charge on any atom is -0.395 e. The van der Waals surface area contributed by atoms with Crippen LogP contribution < -0.4 is 10.6 Å². The molecule has 8 nitrogen and oxygen atoms in total. The van der Waals surface area contributed by atoms with Gasteiger partial charge < -0.3 is 26.0 Å². The van der Waals surface area contributed by atoms with Gasteiger partial charge in [-0.3, -0.25) is 0 Å². The van der Waals surface area contributed by atoms with E-state index in [-0.39, 0.29) is 18.0 Å². The molecule has 2 unspecified atom stereocenters. The van der Waals surface area contributed by atoms with Crippen LogP contribution in [0.25, 0.3) is 5.57 Å². The largest absolute Gasteiger partial charge is 0.395 e. The average Bonchev–Trinajstić information content (AvgIpc) is 3.17. The van der Waals surface area contributed by atoms with Gasteiger partial charge in [0.1, 0.15) is 6.10 Å². The Kier molecular flexibility index (Phi) is 4.64. The van der Waals surface area contributed by atoms with Gasteiger partial charge in [-0.1, -0.05) is 18.2 Å². The first-order valence-corrected chi connectivity index (χ1v) is 10.2. The molecule has 2 aromatic rings. The fourth-order valence-electron chi connectivity index (χ4n) is 3.57. The molecule has 0 spiro atoms. The Morgan fingerprint density at radius 2 is 1.86 bits per heavy atom. The summed E-state index contributed by atoms with van der Waals surface area (Å²) in [5.74, 6) is 0. The van der Waals surface area contributed by atoms with E-state index in [1.54, 1.807) is 12.1 Å². The third-order valence-corrected chi connectivity index (χ3v) is 6.91. The number of aliphatic hydroxyl groups excluding tert-OH is 3. The highest BCUT2D eigenvalue weighted by Crippen LogP contribution is 2.45. The van der Waals surface area contributed by atoms with Crippen LogP contribution in [-0.2, 0) is 10.0 Å². The Labute approximate surface area is 162 Å². The molecule has 2 atom stereocenters. The molecule has 2 heterocycles. The summed E-state index contributed by atoms with van der Waals surface area (Å²) in [6.07, 6.45) is -2.04. The molecule has 28 heavy (non-hydrogen) atoms. The highest BCUT2D eigenvalue weighted by atomic mass is 32.2. The molecule has 2 aliphatic heterocycles. The van der Waals surface area contributed by atoms with Crippen molar-refractivity contribution in [1.29, 1.82) is 0 Å². The summed E-state index contributed by atoms with van der Waals surface area (Å²) in [6.45, 7) is -0.311. The predicted molar refractivity (Wildman–Crippen MR) is 105 cm³/mol. The molecule has 0 radical (unpaired) electrons. The van der Waals surface area contributed by atoms with E-state index in [0.717, 1.165) is 9.99 Å². The van der Waals surface area contributed by atoms with E-state index in [1.807, 2.05) is 18.2 Å². The molecule has 0 saturated heterocycles. The van der Waals surface area contributed by atoms with Gasteiger partial charge in [-0.25, -0.2) is 8.42 Å². The first-order valence-electron chi connectivity index (χ1n) is 8.79. The number of sulfonamides is 1. The number of benzene rings is 2. The maximum absolute atomic E-state index is 12.7. The number of aliphatic hydroxyl groups is 3. The Bertz CT molecular complexity index is 1070. The molecule has 2 aromatic carbocycles.